The third-order valence-electron chi connectivity index (χ3n) is 7.25. The Morgan fingerprint density at radius 2 is 0.850 bits per heavy atom. The van der Waals surface area contributed by atoms with Gasteiger partial charge in [0.05, 0.1) is 14.2 Å². The van der Waals surface area contributed by atoms with Crippen molar-refractivity contribution >= 4 is 33.1 Å². The van der Waals surface area contributed by atoms with Gasteiger partial charge in [-0.2, -0.15) is 0 Å². The molecule has 0 fully saturated rings. The standard InChI is InChI=1S/C36H26O4/c1-39-31-19-15-25-21-27(35(37)23-9-5-3-6-10-23)13-17-29(25)33(31)34-30-18-14-28(22-26(30)16-20-32(34)40-2)36(38)24-11-7-4-8-12-24/h3-22H,1-2H3. The van der Waals surface area contributed by atoms with E-state index in [-0.39, 0.29) is 11.6 Å². The molecule has 0 unspecified atom stereocenters. The molecule has 194 valence electrons. The van der Waals surface area contributed by atoms with Gasteiger partial charge in [-0.1, -0.05) is 97.1 Å². The molecule has 4 nitrogen and oxygen atoms in total. The number of hydrogen-bond acceptors (Lipinski definition) is 4. The number of benzene rings is 6. The molecule has 0 heterocycles. The number of ketones is 2. The third kappa shape index (κ3) is 4.40. The number of carbonyl (C=O) groups is 2. The second-order valence-electron chi connectivity index (χ2n) is 9.55. The molecule has 0 N–H and O–H groups in total. The summed E-state index contributed by atoms with van der Waals surface area (Å²) in [5.41, 5.74) is 4.25. The van der Waals surface area contributed by atoms with Gasteiger partial charge in [0.1, 0.15) is 11.5 Å². The lowest BCUT2D eigenvalue weighted by molar-refractivity contribution is 0.103. The zero-order valence-corrected chi connectivity index (χ0v) is 22.2. The SMILES string of the molecule is COc1ccc2cc(C(=O)c3ccccc3)ccc2c1-c1c(OC)ccc2cc(C(=O)c3ccccc3)ccc12. The first-order chi connectivity index (χ1) is 19.6. The van der Waals surface area contributed by atoms with Gasteiger partial charge < -0.3 is 9.47 Å². The molecule has 0 radical (unpaired) electrons. The number of methoxy groups -OCH3 is 2. The van der Waals surface area contributed by atoms with Crippen molar-refractivity contribution in [3.8, 4) is 22.6 Å². The van der Waals surface area contributed by atoms with Crippen LogP contribution >= 0.6 is 0 Å². The first kappa shape index (κ1) is 25.1. The number of rotatable bonds is 7. The molecule has 0 aromatic heterocycles. The van der Waals surface area contributed by atoms with Crippen molar-refractivity contribution in [1.29, 1.82) is 0 Å². The van der Waals surface area contributed by atoms with E-state index in [9.17, 15) is 9.59 Å². The van der Waals surface area contributed by atoms with Crippen molar-refractivity contribution in [3.05, 3.63) is 144 Å². The summed E-state index contributed by atoms with van der Waals surface area (Å²) in [4.78, 5) is 26.3. The second-order valence-corrected chi connectivity index (χ2v) is 9.55. The van der Waals surface area contributed by atoms with E-state index >= 15 is 0 Å². The fourth-order valence-corrected chi connectivity index (χ4v) is 5.27. The lowest BCUT2D eigenvalue weighted by atomic mass is 9.90. The fraction of sp³-hybridized carbons (Fsp3) is 0.0556. The first-order valence-corrected chi connectivity index (χ1v) is 13.0. The fourth-order valence-electron chi connectivity index (χ4n) is 5.27. The van der Waals surface area contributed by atoms with Crippen LogP contribution in [-0.2, 0) is 0 Å². The number of fused-ring (bicyclic) bond motifs is 2. The van der Waals surface area contributed by atoms with E-state index in [2.05, 4.69) is 0 Å². The minimum atomic E-state index is -0.0294. The van der Waals surface area contributed by atoms with E-state index in [4.69, 9.17) is 9.47 Å². The minimum absolute atomic E-state index is 0.0294. The summed E-state index contributed by atoms with van der Waals surface area (Å²) in [5.74, 6) is 1.31. The summed E-state index contributed by atoms with van der Waals surface area (Å²) in [6, 6.07) is 37.8. The highest BCUT2D eigenvalue weighted by Gasteiger charge is 2.20. The lowest BCUT2D eigenvalue weighted by Gasteiger charge is -2.18. The second kappa shape index (κ2) is 10.5. The van der Waals surface area contributed by atoms with Gasteiger partial charge in [0, 0.05) is 33.4 Å². The van der Waals surface area contributed by atoms with Gasteiger partial charge in [-0.25, -0.2) is 0 Å². The van der Waals surface area contributed by atoms with Crippen LogP contribution in [-0.4, -0.2) is 25.8 Å². The van der Waals surface area contributed by atoms with Gasteiger partial charge in [0.2, 0.25) is 0 Å². The maximum atomic E-state index is 13.2. The molecule has 0 saturated heterocycles. The number of hydrogen-bond donors (Lipinski definition) is 0. The summed E-state index contributed by atoms with van der Waals surface area (Å²) >= 11 is 0. The Balaban J connectivity index is 1.53. The van der Waals surface area contributed by atoms with Crippen molar-refractivity contribution in [1.82, 2.24) is 0 Å². The van der Waals surface area contributed by atoms with Crippen LogP contribution < -0.4 is 9.47 Å². The number of ether oxygens (including phenoxy) is 2. The van der Waals surface area contributed by atoms with Crippen LogP contribution in [0, 0.1) is 0 Å². The maximum Gasteiger partial charge on any atom is 0.193 e. The van der Waals surface area contributed by atoms with Crippen LogP contribution in [0.1, 0.15) is 31.8 Å². The zero-order chi connectivity index (χ0) is 27.6. The Labute approximate surface area is 232 Å². The average Bonchev–Trinajstić information content (AvgIpc) is 3.03. The molecule has 0 saturated carbocycles. The number of carbonyl (C=O) groups excluding carboxylic acids is 2. The molecule has 0 bridgehead atoms. The molecule has 0 aliphatic rings. The Morgan fingerprint density at radius 1 is 0.450 bits per heavy atom. The van der Waals surface area contributed by atoms with Crippen molar-refractivity contribution in [2.24, 2.45) is 0 Å². The quantitative estimate of drug-likeness (QED) is 0.199. The first-order valence-electron chi connectivity index (χ1n) is 13.0. The van der Waals surface area contributed by atoms with Crippen LogP contribution in [0.25, 0.3) is 32.7 Å². The maximum absolute atomic E-state index is 13.2. The monoisotopic (exact) mass is 522 g/mol. The molecule has 0 spiro atoms. The summed E-state index contributed by atoms with van der Waals surface area (Å²) in [7, 11) is 3.29. The van der Waals surface area contributed by atoms with Gasteiger partial charge in [-0.3, -0.25) is 9.59 Å². The van der Waals surface area contributed by atoms with Gasteiger partial charge in [-0.05, 0) is 45.8 Å². The minimum Gasteiger partial charge on any atom is -0.496 e. The summed E-state index contributed by atoms with van der Waals surface area (Å²) in [6.07, 6.45) is 0. The molecule has 0 atom stereocenters. The van der Waals surface area contributed by atoms with Crippen LogP contribution in [0.3, 0.4) is 0 Å². The van der Waals surface area contributed by atoms with Gasteiger partial charge in [-0.15, -0.1) is 0 Å². The van der Waals surface area contributed by atoms with E-state index in [0.717, 1.165) is 32.7 Å². The highest BCUT2D eigenvalue weighted by atomic mass is 16.5. The van der Waals surface area contributed by atoms with E-state index in [1.54, 1.807) is 14.2 Å². The van der Waals surface area contributed by atoms with Crippen molar-refractivity contribution in [3.63, 3.8) is 0 Å². The van der Waals surface area contributed by atoms with E-state index < -0.39 is 0 Å². The van der Waals surface area contributed by atoms with Crippen LogP contribution in [0.4, 0.5) is 0 Å². The zero-order valence-electron chi connectivity index (χ0n) is 22.2. The third-order valence-corrected chi connectivity index (χ3v) is 7.25. The molecule has 6 aromatic carbocycles. The Morgan fingerprint density at radius 3 is 1.23 bits per heavy atom. The molecule has 6 aromatic rings. The summed E-state index contributed by atoms with van der Waals surface area (Å²) < 4.78 is 11.7. The summed E-state index contributed by atoms with van der Waals surface area (Å²) in [5, 5.41) is 3.68. The molecule has 40 heavy (non-hydrogen) atoms. The Kier molecular flexibility index (Phi) is 6.59. The predicted molar refractivity (Wildman–Crippen MR) is 160 cm³/mol. The Hall–Kier alpha value is -5.22. The van der Waals surface area contributed by atoms with Gasteiger partial charge in [0.15, 0.2) is 11.6 Å². The average molecular weight is 523 g/mol. The van der Waals surface area contributed by atoms with Crippen LogP contribution in [0.2, 0.25) is 0 Å². The molecule has 6 rings (SSSR count). The Bertz CT molecular complexity index is 1750. The molecule has 0 aliphatic carbocycles. The molecule has 0 amide bonds. The molecular weight excluding hydrogens is 496 g/mol. The molecule has 4 heteroatoms. The van der Waals surface area contributed by atoms with Crippen molar-refractivity contribution < 1.29 is 19.1 Å². The van der Waals surface area contributed by atoms with Gasteiger partial charge in [0.25, 0.3) is 0 Å². The van der Waals surface area contributed by atoms with E-state index in [1.807, 2.05) is 121 Å². The normalized spacial score (nSPS) is 10.9. The molecular formula is C36H26O4. The largest absolute Gasteiger partial charge is 0.496 e. The summed E-state index contributed by atoms with van der Waals surface area (Å²) in [6.45, 7) is 0. The highest BCUT2D eigenvalue weighted by Crippen LogP contribution is 2.45. The topological polar surface area (TPSA) is 52.6 Å². The molecule has 0 aliphatic heterocycles. The highest BCUT2D eigenvalue weighted by molar-refractivity contribution is 6.15. The predicted octanol–water partition coefficient (Wildman–Crippen LogP) is 8.14. The lowest BCUT2D eigenvalue weighted by Crippen LogP contribution is -2.02. The van der Waals surface area contributed by atoms with Gasteiger partial charge >= 0.3 is 0 Å². The van der Waals surface area contributed by atoms with E-state index in [0.29, 0.717) is 33.8 Å². The smallest absolute Gasteiger partial charge is 0.193 e. The van der Waals surface area contributed by atoms with Crippen molar-refractivity contribution in [2.45, 2.75) is 0 Å². The van der Waals surface area contributed by atoms with Crippen LogP contribution in [0.15, 0.2) is 121 Å². The van der Waals surface area contributed by atoms with Crippen molar-refractivity contribution in [2.75, 3.05) is 14.2 Å². The van der Waals surface area contributed by atoms with Crippen LogP contribution in [0.5, 0.6) is 11.5 Å². The van der Waals surface area contributed by atoms with E-state index in [1.165, 1.54) is 0 Å².